The normalized spacial score (nSPS) is 10.8. The molecule has 164 valence electrons. The van der Waals surface area contributed by atoms with Gasteiger partial charge in [-0.15, -0.1) is 0 Å². The largest absolute Gasteiger partial charge is 0.484 e. The summed E-state index contributed by atoms with van der Waals surface area (Å²) in [5, 5.41) is 5.85. The van der Waals surface area contributed by atoms with E-state index < -0.39 is 11.9 Å². The minimum absolute atomic E-state index is 0.174. The molecule has 0 heterocycles. The summed E-state index contributed by atoms with van der Waals surface area (Å²) in [5.74, 6) is 0.0579. The highest BCUT2D eigenvalue weighted by molar-refractivity contribution is 6.04. The lowest BCUT2D eigenvalue weighted by molar-refractivity contribution is -0.123. The van der Waals surface area contributed by atoms with Gasteiger partial charge in [-0.1, -0.05) is 66.2 Å². The van der Waals surface area contributed by atoms with Gasteiger partial charge < -0.3 is 9.47 Å². The Morgan fingerprint density at radius 3 is 2.39 bits per heavy atom. The zero-order valence-corrected chi connectivity index (χ0v) is 18.0. The van der Waals surface area contributed by atoms with Gasteiger partial charge in [0.1, 0.15) is 11.5 Å². The van der Waals surface area contributed by atoms with Crippen molar-refractivity contribution >= 4 is 28.9 Å². The second-order valence-corrected chi connectivity index (χ2v) is 7.35. The molecule has 0 spiro atoms. The second-order valence-electron chi connectivity index (χ2n) is 7.35. The summed E-state index contributed by atoms with van der Waals surface area (Å²) < 4.78 is 11.1. The maximum atomic E-state index is 12.7. The van der Waals surface area contributed by atoms with Crippen LogP contribution in [0.4, 0.5) is 0 Å². The molecule has 0 aliphatic carbocycles. The highest BCUT2D eigenvalue weighted by atomic mass is 16.5. The van der Waals surface area contributed by atoms with Gasteiger partial charge in [0.05, 0.1) is 11.8 Å². The van der Waals surface area contributed by atoms with E-state index in [4.69, 9.17) is 9.47 Å². The van der Waals surface area contributed by atoms with Gasteiger partial charge in [-0.3, -0.25) is 4.79 Å². The van der Waals surface area contributed by atoms with Crippen molar-refractivity contribution in [2.75, 3.05) is 6.61 Å². The van der Waals surface area contributed by atoms with E-state index in [1.54, 1.807) is 30.3 Å². The van der Waals surface area contributed by atoms with Gasteiger partial charge in [0, 0.05) is 5.56 Å². The fraction of sp³-hybridized carbons (Fsp3) is 0.0741. The number of carbonyl (C=O) groups excluding carboxylic acids is 2. The fourth-order valence-corrected chi connectivity index (χ4v) is 3.21. The minimum Gasteiger partial charge on any atom is -0.484 e. The Bertz CT molecular complexity index is 1300. The molecule has 4 aromatic rings. The maximum Gasteiger partial charge on any atom is 0.343 e. The first kappa shape index (κ1) is 21.8. The Morgan fingerprint density at radius 2 is 1.61 bits per heavy atom. The molecule has 0 bridgehead atoms. The summed E-state index contributed by atoms with van der Waals surface area (Å²) in [6, 6.07) is 27.4. The van der Waals surface area contributed by atoms with Crippen LogP contribution in [0, 0.1) is 6.92 Å². The molecule has 1 amide bonds. The maximum absolute atomic E-state index is 12.7. The zero-order valence-electron chi connectivity index (χ0n) is 18.0. The molecule has 0 aliphatic rings. The van der Waals surface area contributed by atoms with Crippen molar-refractivity contribution in [2.24, 2.45) is 5.10 Å². The molecular formula is C27H22N2O4. The smallest absolute Gasteiger partial charge is 0.343 e. The van der Waals surface area contributed by atoms with Gasteiger partial charge in [0.2, 0.25) is 0 Å². The van der Waals surface area contributed by atoms with Crippen LogP contribution in [0.2, 0.25) is 0 Å². The van der Waals surface area contributed by atoms with E-state index in [2.05, 4.69) is 10.5 Å². The SMILES string of the molecule is Cc1ccc(C(=O)Oc2ccc3ccccc3c2C=NNC(=O)COc2ccccc2)cc1. The molecule has 6 nitrogen and oxygen atoms in total. The third-order valence-electron chi connectivity index (χ3n) is 4.92. The summed E-state index contributed by atoms with van der Waals surface area (Å²) in [5.41, 5.74) is 4.53. The van der Waals surface area contributed by atoms with Crippen LogP contribution in [0.25, 0.3) is 10.8 Å². The highest BCUT2D eigenvalue weighted by Crippen LogP contribution is 2.27. The summed E-state index contributed by atoms with van der Waals surface area (Å²) in [7, 11) is 0. The Hall–Kier alpha value is -4.45. The standard InChI is InChI=1S/C27H22N2O4/c1-19-11-13-21(14-12-19)27(31)33-25-16-15-20-7-5-6-10-23(20)24(25)17-28-29-26(30)18-32-22-8-3-2-4-9-22/h2-17H,18H2,1H3,(H,29,30). The van der Waals surface area contributed by atoms with Crippen LogP contribution >= 0.6 is 0 Å². The minimum atomic E-state index is -0.472. The monoisotopic (exact) mass is 438 g/mol. The number of hydrazone groups is 1. The molecule has 0 aromatic heterocycles. The second kappa shape index (κ2) is 10.2. The first-order valence-corrected chi connectivity index (χ1v) is 10.4. The Labute approximate surface area is 191 Å². The quantitative estimate of drug-likeness (QED) is 0.193. The number of esters is 1. The number of amides is 1. The molecule has 0 fully saturated rings. The van der Waals surface area contributed by atoms with Crippen LogP contribution in [-0.2, 0) is 4.79 Å². The van der Waals surface area contributed by atoms with Crippen molar-refractivity contribution in [1.82, 2.24) is 5.43 Å². The first-order chi connectivity index (χ1) is 16.1. The van der Waals surface area contributed by atoms with Crippen molar-refractivity contribution in [3.8, 4) is 11.5 Å². The summed E-state index contributed by atoms with van der Waals surface area (Å²) in [6.45, 7) is 1.78. The highest BCUT2D eigenvalue weighted by Gasteiger charge is 2.13. The molecule has 33 heavy (non-hydrogen) atoms. The molecule has 0 saturated heterocycles. The lowest BCUT2D eigenvalue weighted by atomic mass is 10.0. The number of para-hydroxylation sites is 1. The number of fused-ring (bicyclic) bond motifs is 1. The van der Waals surface area contributed by atoms with Crippen LogP contribution in [-0.4, -0.2) is 24.7 Å². The Morgan fingerprint density at radius 1 is 0.879 bits per heavy atom. The molecule has 6 heteroatoms. The average molecular weight is 438 g/mol. The number of rotatable bonds is 7. The van der Waals surface area contributed by atoms with E-state index in [1.165, 1.54) is 6.21 Å². The number of nitrogens with one attached hydrogen (secondary N) is 1. The number of nitrogens with zero attached hydrogens (tertiary/aromatic N) is 1. The van der Waals surface area contributed by atoms with Gasteiger partial charge in [-0.25, -0.2) is 10.2 Å². The molecule has 0 atom stereocenters. The summed E-state index contributed by atoms with van der Waals surface area (Å²) >= 11 is 0. The predicted octanol–water partition coefficient (Wildman–Crippen LogP) is 4.90. The predicted molar refractivity (Wildman–Crippen MR) is 128 cm³/mol. The number of ether oxygens (including phenoxy) is 2. The summed E-state index contributed by atoms with van der Waals surface area (Å²) in [4.78, 5) is 24.8. The molecule has 0 saturated carbocycles. The van der Waals surface area contributed by atoms with E-state index in [1.807, 2.05) is 67.6 Å². The molecule has 0 aliphatic heterocycles. The van der Waals surface area contributed by atoms with Crippen LogP contribution in [0.1, 0.15) is 21.5 Å². The summed E-state index contributed by atoms with van der Waals surface area (Å²) in [6.07, 6.45) is 1.47. The molecule has 0 radical (unpaired) electrons. The van der Waals surface area contributed by atoms with Crippen molar-refractivity contribution in [1.29, 1.82) is 0 Å². The molecular weight excluding hydrogens is 416 g/mol. The molecule has 4 aromatic carbocycles. The van der Waals surface area contributed by atoms with E-state index >= 15 is 0 Å². The topological polar surface area (TPSA) is 77.0 Å². The van der Waals surface area contributed by atoms with E-state index in [0.29, 0.717) is 22.6 Å². The lowest BCUT2D eigenvalue weighted by Gasteiger charge is -2.11. The van der Waals surface area contributed by atoms with Crippen LogP contribution < -0.4 is 14.9 Å². The van der Waals surface area contributed by atoms with E-state index in [9.17, 15) is 9.59 Å². The lowest BCUT2D eigenvalue weighted by Crippen LogP contribution is -2.24. The van der Waals surface area contributed by atoms with Crippen LogP contribution in [0.5, 0.6) is 11.5 Å². The van der Waals surface area contributed by atoms with E-state index in [-0.39, 0.29) is 6.61 Å². The van der Waals surface area contributed by atoms with Crippen molar-refractivity contribution in [2.45, 2.75) is 6.92 Å². The molecule has 1 N–H and O–H groups in total. The fourth-order valence-electron chi connectivity index (χ4n) is 3.21. The van der Waals surface area contributed by atoms with Gasteiger partial charge in [-0.2, -0.15) is 5.10 Å². The van der Waals surface area contributed by atoms with Crippen LogP contribution in [0.3, 0.4) is 0 Å². The number of carbonyl (C=O) groups is 2. The van der Waals surface area contributed by atoms with Crippen molar-refractivity contribution < 1.29 is 19.1 Å². The third-order valence-corrected chi connectivity index (χ3v) is 4.92. The van der Waals surface area contributed by atoms with Gasteiger partial charge in [0.15, 0.2) is 6.61 Å². The Balaban J connectivity index is 1.51. The Kier molecular flexibility index (Phi) is 6.75. The number of aryl methyl sites for hydroxylation is 1. The third kappa shape index (κ3) is 5.62. The molecule has 0 unspecified atom stereocenters. The number of hydrogen-bond acceptors (Lipinski definition) is 5. The average Bonchev–Trinajstić information content (AvgIpc) is 2.85. The van der Waals surface area contributed by atoms with Crippen molar-refractivity contribution in [3.63, 3.8) is 0 Å². The zero-order chi connectivity index (χ0) is 23.0. The van der Waals surface area contributed by atoms with Crippen LogP contribution in [0.15, 0.2) is 96.1 Å². The van der Waals surface area contributed by atoms with Gasteiger partial charge in [0.25, 0.3) is 5.91 Å². The van der Waals surface area contributed by atoms with Crippen molar-refractivity contribution in [3.05, 3.63) is 108 Å². The van der Waals surface area contributed by atoms with Gasteiger partial charge in [-0.05, 0) is 48.0 Å². The number of hydrogen-bond donors (Lipinski definition) is 1. The molecule has 4 rings (SSSR count). The van der Waals surface area contributed by atoms with E-state index in [0.717, 1.165) is 16.3 Å². The number of benzene rings is 4. The van der Waals surface area contributed by atoms with Gasteiger partial charge >= 0.3 is 5.97 Å². The first-order valence-electron chi connectivity index (χ1n) is 10.4.